The third-order valence-corrected chi connectivity index (χ3v) is 27.9. The van der Waals surface area contributed by atoms with Gasteiger partial charge in [-0.05, 0) is 62.8 Å². The maximum Gasteiger partial charge on any atom is 0.796 e. The minimum atomic E-state index is -3.67. The lowest BCUT2D eigenvalue weighted by Crippen LogP contribution is -2.09. The van der Waals surface area contributed by atoms with Crippen LogP contribution in [0.4, 0.5) is 26.2 Å². The second-order valence-corrected chi connectivity index (χ2v) is 40.5. The highest BCUT2D eigenvalue weighted by Gasteiger charge is 2.32. The van der Waals surface area contributed by atoms with Crippen LogP contribution in [0.2, 0.25) is 0 Å². The molecule has 0 aliphatic rings. The van der Waals surface area contributed by atoms with Gasteiger partial charge in [0.05, 0.1) is 51.0 Å². The molecule has 4 rings (SSSR count). The minimum absolute atomic E-state index is 0.0559. The molecule has 2 heterocycles. The lowest BCUT2D eigenvalue weighted by Gasteiger charge is -2.19. The molecule has 136 heavy (non-hydrogen) atoms. The van der Waals surface area contributed by atoms with Gasteiger partial charge in [0, 0.05) is 17.2 Å². The molecule has 2 aromatic heterocycles. The molecule has 2 N–H and O–H groups in total. The average molecular weight is 1920 g/mol. The van der Waals surface area contributed by atoms with Crippen LogP contribution >= 0.6 is 0 Å². The van der Waals surface area contributed by atoms with Crippen molar-refractivity contribution in [2.45, 2.75) is 581 Å². The van der Waals surface area contributed by atoms with Gasteiger partial charge in [0.2, 0.25) is 17.3 Å². The highest BCUT2D eigenvalue weighted by molar-refractivity contribution is 6.36. The normalized spacial score (nSPS) is 11.8. The van der Waals surface area contributed by atoms with E-state index in [4.69, 9.17) is 33.1 Å². The Bertz CT molecular complexity index is 3320. The van der Waals surface area contributed by atoms with E-state index in [1.165, 1.54) is 385 Å². The smallest absolute Gasteiger partial charge is 0.503 e. The molecule has 784 valence electrons. The number of hydrogen-bond donors (Lipinski definition) is 2. The lowest BCUT2D eigenvalue weighted by molar-refractivity contribution is 0.103. The van der Waals surface area contributed by atoms with Crippen molar-refractivity contribution in [1.29, 1.82) is 0 Å². The molecule has 10 nitrogen and oxygen atoms in total. The lowest BCUT2D eigenvalue weighted by atomic mass is 10.0. The summed E-state index contributed by atoms with van der Waals surface area (Å²) in [5.74, 6) is -6.91. The van der Waals surface area contributed by atoms with Gasteiger partial charge >= 0.3 is 7.47 Å². The molecule has 0 spiro atoms. The zero-order chi connectivity index (χ0) is 97.5. The van der Waals surface area contributed by atoms with E-state index < -0.39 is 65.1 Å². The number of carbonyl (C=O) groups is 1. The zero-order valence-corrected chi connectivity index (χ0v) is 88.6. The van der Waals surface area contributed by atoms with E-state index in [9.17, 15) is 13.4 Å². The summed E-state index contributed by atoms with van der Waals surface area (Å²) in [6.07, 6.45) is 101. The Hall–Kier alpha value is -5.35. The topological polar surface area (TPSA) is 113 Å². The van der Waals surface area contributed by atoms with Gasteiger partial charge in [0.15, 0.2) is 46.3 Å². The van der Waals surface area contributed by atoms with Crippen molar-refractivity contribution >= 4 is 19.0 Å². The number of nitrogens with one attached hydrogen (secondary N) is 2. The van der Waals surface area contributed by atoms with E-state index in [0.717, 1.165) is 154 Å². The molecule has 0 bridgehead atoms. The third kappa shape index (κ3) is 61.5. The molecule has 0 saturated heterocycles. The molecule has 0 atom stereocenters. The molecular formula is C119H205BF6N2O8. The number of hydrogen-bond acceptors (Lipinski definition) is 8. The van der Waals surface area contributed by atoms with E-state index in [1.807, 2.05) is 0 Å². The molecule has 0 fully saturated rings. The Balaban J connectivity index is 1.72. The zero-order valence-electron chi connectivity index (χ0n) is 88.6. The quantitative estimate of drug-likeness (QED) is 0.0112. The molecule has 17 heteroatoms. The number of H-pyrrole nitrogens is 2. The largest absolute Gasteiger partial charge is 0.796 e. The van der Waals surface area contributed by atoms with E-state index in [-0.39, 0.29) is 34.1 Å². The second-order valence-electron chi connectivity index (χ2n) is 40.5. The summed E-state index contributed by atoms with van der Waals surface area (Å²) in [4.78, 5) is 20.0. The number of aromatic nitrogens is 2. The Morgan fingerprint density at radius 3 is 0.581 bits per heavy atom. The van der Waals surface area contributed by atoms with Gasteiger partial charge in [-0.2, -0.15) is 0 Å². The molecule has 0 radical (unpaired) electrons. The van der Waals surface area contributed by atoms with Gasteiger partial charge < -0.3 is 43.0 Å². The Morgan fingerprint density at radius 2 is 0.397 bits per heavy atom. The number of halogens is 6. The molecule has 0 aliphatic carbocycles. The summed E-state index contributed by atoms with van der Waals surface area (Å²) in [6.45, 7) is 15.5. The first-order valence-electron chi connectivity index (χ1n) is 58.4. The van der Waals surface area contributed by atoms with Crippen LogP contribution in [-0.4, -0.2) is 62.9 Å². The number of aromatic amines is 2. The van der Waals surface area contributed by atoms with Crippen LogP contribution < -0.4 is 28.4 Å². The fourth-order valence-electron chi connectivity index (χ4n) is 19.1. The molecular weight excluding hydrogens is 1710 g/mol. The van der Waals surface area contributed by atoms with Gasteiger partial charge in [0.1, 0.15) is 17.1 Å². The standard InChI is InChI=1S/C119H205BF6N2O8/c1-7-13-19-25-31-37-43-49-55-61-67-73-79-85-91-130-106-97-102(98-107(131-92-86-80-74-68-62-56-50-44-38-32-26-20-14-8-2)118(106)134-95-89-83-77-71-65-59-53-47-41-35-29-23-17-11-5)114-110(121)112(123)116(127-114)104(129)101-105(136-120(125)126)117-113(124)111(122)115(128-117)103-99-108(132-93-87-81-75-69-63-57-51-45-39-33-27-21-15-9-3)119(135-96-90-84-78-72-66-60-54-48-42-36-30-24-18-12-6)109(100-103)133-94-88-82-76-70-64-58-52-46-40-34-28-22-16-10-4/h97-101,127-128H,7-96H2,1-6H3/b105-101-. The summed E-state index contributed by atoms with van der Waals surface area (Å²) in [5.41, 5.74) is -2.69. The van der Waals surface area contributed by atoms with Crippen LogP contribution in [0.3, 0.4) is 0 Å². The van der Waals surface area contributed by atoms with Crippen LogP contribution in [0.25, 0.3) is 28.3 Å². The fraction of sp³-hybridized carbons (Fsp3) is 0.807. The molecule has 0 unspecified atom stereocenters. The van der Waals surface area contributed by atoms with Crippen molar-refractivity contribution < 1.29 is 64.1 Å². The van der Waals surface area contributed by atoms with Gasteiger partial charge in [-0.3, -0.25) is 4.79 Å². The Morgan fingerprint density at radius 1 is 0.235 bits per heavy atom. The van der Waals surface area contributed by atoms with E-state index in [1.54, 1.807) is 24.3 Å². The van der Waals surface area contributed by atoms with Crippen LogP contribution in [0.1, 0.15) is 597 Å². The maximum absolute atomic E-state index is 17.2. The number of rotatable bonds is 103. The number of benzene rings is 2. The molecule has 0 saturated carbocycles. The average Bonchev–Trinajstić information content (AvgIpc) is 1.61. The van der Waals surface area contributed by atoms with E-state index in [0.29, 0.717) is 57.2 Å². The number of carbonyl (C=O) groups excluding carboxylic acids is 1. The Labute approximate surface area is 830 Å². The van der Waals surface area contributed by atoms with Crippen LogP contribution in [0.15, 0.2) is 30.3 Å². The summed E-state index contributed by atoms with van der Waals surface area (Å²) in [5, 5.41) is 0. The van der Waals surface area contributed by atoms with Crippen LogP contribution in [-0.2, 0) is 4.65 Å². The second kappa shape index (κ2) is 88.6. The van der Waals surface area contributed by atoms with Crippen molar-refractivity contribution in [3.8, 4) is 57.0 Å². The van der Waals surface area contributed by atoms with Crippen molar-refractivity contribution in [2.24, 2.45) is 0 Å². The Kier molecular flexibility index (Phi) is 80.1. The van der Waals surface area contributed by atoms with Gasteiger partial charge in [-0.15, -0.1) is 0 Å². The molecule has 4 aromatic rings. The first-order valence-corrected chi connectivity index (χ1v) is 58.4. The molecule has 0 amide bonds. The van der Waals surface area contributed by atoms with E-state index >= 15 is 17.6 Å². The highest BCUT2D eigenvalue weighted by atomic mass is 19.2. The summed E-state index contributed by atoms with van der Waals surface area (Å²) < 4.78 is 143. The van der Waals surface area contributed by atoms with Crippen molar-refractivity contribution in [1.82, 2.24) is 9.97 Å². The third-order valence-electron chi connectivity index (χ3n) is 27.9. The number of allylic oxidation sites excluding steroid dienone is 1. The maximum atomic E-state index is 17.2. The van der Waals surface area contributed by atoms with Crippen molar-refractivity contribution in [3.63, 3.8) is 0 Å². The first kappa shape index (κ1) is 123. The first-order chi connectivity index (χ1) is 66.9. The summed E-state index contributed by atoms with van der Waals surface area (Å²) in [7, 11) is -3.67. The molecule has 0 aliphatic heterocycles. The van der Waals surface area contributed by atoms with Gasteiger partial charge in [-0.25, -0.2) is 26.2 Å². The minimum Gasteiger partial charge on any atom is -0.503 e. The van der Waals surface area contributed by atoms with Crippen molar-refractivity contribution in [2.75, 3.05) is 39.6 Å². The number of unbranched alkanes of at least 4 members (excludes halogenated alkanes) is 78. The van der Waals surface area contributed by atoms with Gasteiger partial charge in [-0.1, -0.05) is 542 Å². The van der Waals surface area contributed by atoms with Crippen LogP contribution in [0.5, 0.6) is 34.5 Å². The molecule has 2 aromatic carbocycles. The monoisotopic (exact) mass is 1920 g/mol. The predicted octanol–water partition coefficient (Wildman–Crippen LogP) is 41.6. The highest BCUT2D eigenvalue weighted by Crippen LogP contribution is 2.46. The summed E-state index contributed by atoms with van der Waals surface area (Å²) >= 11 is 0. The predicted molar refractivity (Wildman–Crippen MR) is 568 cm³/mol. The van der Waals surface area contributed by atoms with Gasteiger partial charge in [0.25, 0.3) is 0 Å². The van der Waals surface area contributed by atoms with Crippen LogP contribution in [0, 0.1) is 23.3 Å². The fourth-order valence-corrected chi connectivity index (χ4v) is 19.1. The van der Waals surface area contributed by atoms with E-state index in [2.05, 4.69) is 51.5 Å². The number of ketones is 1. The summed E-state index contributed by atoms with van der Waals surface area (Å²) in [6, 6.07) is 6.24. The number of ether oxygens (including phenoxy) is 6. The van der Waals surface area contributed by atoms with Crippen molar-refractivity contribution in [3.05, 3.63) is 65.0 Å². The SMILES string of the molecule is CCCCCCCCCCCCCCCCOc1cc(-c2[nH]c(C(=O)/C=C(\OB(F)F)c3[nH]c(-c4cc(OCCCCCCCCCCCCCCCC)c(OCCCCCCCCCCCCCCCC)c(OCCCCCCCCCCCCCCCC)c4)c(F)c3F)c(F)c2F)cc(OCCCCCCCCCCCCCCCC)c1OCCCCCCCCCCCCCCCC.